The number of aliphatic hydroxyl groups excluding tert-OH is 2. The molecule has 0 radical (unpaired) electrons. The zero-order valence-corrected chi connectivity index (χ0v) is 19.2. The van der Waals surface area contributed by atoms with Crippen LogP contribution in [0.5, 0.6) is 5.75 Å². The van der Waals surface area contributed by atoms with E-state index in [1.807, 2.05) is 44.3 Å². The van der Waals surface area contributed by atoms with E-state index in [4.69, 9.17) is 4.74 Å². The molecule has 2 saturated heterocycles. The number of anilines is 1. The van der Waals surface area contributed by atoms with Crippen LogP contribution in [0.1, 0.15) is 31.4 Å². The van der Waals surface area contributed by atoms with Gasteiger partial charge in [0.05, 0.1) is 18.8 Å². The van der Waals surface area contributed by atoms with E-state index in [9.17, 15) is 10.2 Å². The Morgan fingerprint density at radius 1 is 1.09 bits per heavy atom. The quantitative estimate of drug-likeness (QED) is 0.683. The lowest BCUT2D eigenvalue weighted by molar-refractivity contribution is -0.0172. The van der Waals surface area contributed by atoms with Crippen LogP contribution in [-0.2, 0) is 13.2 Å². The van der Waals surface area contributed by atoms with Crippen LogP contribution in [0.3, 0.4) is 0 Å². The third kappa shape index (κ3) is 5.59. The van der Waals surface area contributed by atoms with Crippen molar-refractivity contribution in [2.24, 2.45) is 0 Å². The molecule has 4 rings (SSSR count). The first kappa shape index (κ1) is 23.0. The molecule has 7 nitrogen and oxygen atoms in total. The van der Waals surface area contributed by atoms with Gasteiger partial charge in [0, 0.05) is 63.6 Å². The molecule has 174 valence electrons. The predicted molar refractivity (Wildman–Crippen MR) is 126 cm³/mol. The molecule has 2 fully saturated rings. The van der Waals surface area contributed by atoms with Crippen LogP contribution >= 0.6 is 0 Å². The second-order valence-corrected chi connectivity index (χ2v) is 9.14. The van der Waals surface area contributed by atoms with Crippen molar-refractivity contribution in [2.75, 3.05) is 44.2 Å². The maximum absolute atomic E-state index is 10.9. The second kappa shape index (κ2) is 10.6. The van der Waals surface area contributed by atoms with Crippen LogP contribution in [-0.4, -0.2) is 82.5 Å². The third-order valence-corrected chi connectivity index (χ3v) is 6.45. The Morgan fingerprint density at radius 2 is 1.91 bits per heavy atom. The second-order valence-electron chi connectivity index (χ2n) is 9.14. The summed E-state index contributed by atoms with van der Waals surface area (Å²) in [4.78, 5) is 11.5. The number of β-amino-alcohol motifs (C(OH)–C–C–N with tert-alkyl or cyclic N) is 1. The number of hydrogen-bond donors (Lipinski definition) is 2. The van der Waals surface area contributed by atoms with Gasteiger partial charge in [-0.05, 0) is 50.1 Å². The Labute approximate surface area is 191 Å². The van der Waals surface area contributed by atoms with E-state index in [0.29, 0.717) is 6.54 Å². The zero-order valence-electron chi connectivity index (χ0n) is 19.2. The molecule has 0 unspecified atom stereocenters. The van der Waals surface area contributed by atoms with E-state index in [1.165, 1.54) is 0 Å². The van der Waals surface area contributed by atoms with E-state index in [0.717, 1.165) is 68.4 Å². The van der Waals surface area contributed by atoms with E-state index in [1.54, 1.807) is 0 Å². The van der Waals surface area contributed by atoms with Gasteiger partial charge in [-0.2, -0.15) is 0 Å². The Balaban J connectivity index is 1.29. The van der Waals surface area contributed by atoms with Gasteiger partial charge in [0.2, 0.25) is 0 Å². The number of benzene rings is 1. The third-order valence-electron chi connectivity index (χ3n) is 6.45. The number of pyridine rings is 1. The highest BCUT2D eigenvalue weighted by Gasteiger charge is 2.33. The lowest BCUT2D eigenvalue weighted by atomic mass is 9.98. The molecule has 1 aromatic heterocycles. The number of hydrogen-bond acceptors (Lipinski definition) is 7. The summed E-state index contributed by atoms with van der Waals surface area (Å²) < 4.78 is 5.79. The van der Waals surface area contributed by atoms with Crippen LogP contribution in [0.25, 0.3) is 0 Å². The SMILES string of the molecule is CC(C)Oc1ccc(CN2CC[C@@H](N3CCN(c4ccccn4)CC3)[C@H](O)C2)cc1CO. The van der Waals surface area contributed by atoms with Crippen LogP contribution < -0.4 is 9.64 Å². The van der Waals surface area contributed by atoms with Crippen molar-refractivity contribution in [3.8, 4) is 5.75 Å². The van der Waals surface area contributed by atoms with Gasteiger partial charge in [-0.15, -0.1) is 0 Å². The van der Waals surface area contributed by atoms with Gasteiger partial charge in [0.25, 0.3) is 0 Å². The summed E-state index contributed by atoms with van der Waals surface area (Å²) >= 11 is 0. The van der Waals surface area contributed by atoms with Gasteiger partial charge < -0.3 is 19.8 Å². The van der Waals surface area contributed by atoms with E-state index < -0.39 is 0 Å². The minimum atomic E-state index is -0.356. The predicted octanol–water partition coefficient (Wildman–Crippen LogP) is 2.12. The highest BCUT2D eigenvalue weighted by molar-refractivity contribution is 5.38. The number of piperidine rings is 1. The maximum Gasteiger partial charge on any atom is 0.128 e. The lowest BCUT2D eigenvalue weighted by Gasteiger charge is -2.45. The van der Waals surface area contributed by atoms with Crippen LogP contribution in [0, 0.1) is 0 Å². The van der Waals surface area contributed by atoms with Crippen LogP contribution in [0.2, 0.25) is 0 Å². The summed E-state index contributed by atoms with van der Waals surface area (Å²) in [5, 5.41) is 20.7. The van der Waals surface area contributed by atoms with Gasteiger partial charge >= 0.3 is 0 Å². The average molecular weight is 441 g/mol. The standard InChI is InChI=1S/C25H36N4O3/c1-19(2)32-24-7-6-20(15-21(24)18-30)16-27-10-8-22(23(31)17-27)28-11-13-29(14-12-28)25-5-3-4-9-26-25/h3-7,9,15,19,22-23,30-31H,8,10-14,16-18H2,1-2H3/t22-,23-/m1/s1. The Bertz CT molecular complexity index is 856. The Kier molecular flexibility index (Phi) is 7.63. The molecule has 0 saturated carbocycles. The van der Waals surface area contributed by atoms with Crippen molar-refractivity contribution < 1.29 is 14.9 Å². The molecule has 2 aromatic rings. The lowest BCUT2D eigenvalue weighted by Crippen LogP contribution is -2.58. The maximum atomic E-state index is 10.9. The molecule has 32 heavy (non-hydrogen) atoms. The highest BCUT2D eigenvalue weighted by atomic mass is 16.5. The molecule has 2 aliphatic heterocycles. The topological polar surface area (TPSA) is 72.3 Å². The molecule has 2 N–H and O–H groups in total. The molecule has 1 aromatic carbocycles. The summed E-state index contributed by atoms with van der Waals surface area (Å²) in [5.41, 5.74) is 1.96. The summed E-state index contributed by atoms with van der Waals surface area (Å²) in [6, 6.07) is 12.3. The number of piperazine rings is 1. The van der Waals surface area contributed by atoms with Crippen molar-refractivity contribution in [2.45, 2.75) is 51.7 Å². The van der Waals surface area contributed by atoms with Gasteiger partial charge in [-0.25, -0.2) is 4.98 Å². The minimum Gasteiger partial charge on any atom is -0.491 e. The number of likely N-dealkylation sites (tertiary alicyclic amines) is 1. The first-order chi connectivity index (χ1) is 15.5. The summed E-state index contributed by atoms with van der Waals surface area (Å²) in [5.74, 6) is 1.78. The molecule has 2 aliphatic rings. The Hall–Kier alpha value is -2.19. The normalized spacial score (nSPS) is 23.0. The zero-order chi connectivity index (χ0) is 22.5. The largest absolute Gasteiger partial charge is 0.491 e. The number of ether oxygens (including phenoxy) is 1. The average Bonchev–Trinajstić information content (AvgIpc) is 2.80. The molecular formula is C25H36N4O3. The van der Waals surface area contributed by atoms with Crippen molar-refractivity contribution in [1.82, 2.24) is 14.8 Å². The molecule has 0 spiro atoms. The molecule has 2 atom stereocenters. The summed E-state index contributed by atoms with van der Waals surface area (Å²) in [6.45, 7) is 10.1. The first-order valence-electron chi connectivity index (χ1n) is 11.7. The smallest absolute Gasteiger partial charge is 0.128 e. The molecular weight excluding hydrogens is 404 g/mol. The van der Waals surface area contributed by atoms with E-state index in [-0.39, 0.29) is 24.9 Å². The van der Waals surface area contributed by atoms with Crippen molar-refractivity contribution in [3.05, 3.63) is 53.7 Å². The summed E-state index contributed by atoms with van der Waals surface area (Å²) in [6.07, 6.45) is 2.53. The number of rotatable bonds is 7. The van der Waals surface area contributed by atoms with Crippen molar-refractivity contribution >= 4 is 5.82 Å². The number of aliphatic hydroxyl groups is 2. The number of nitrogens with zero attached hydrogens (tertiary/aromatic N) is 4. The Morgan fingerprint density at radius 3 is 2.56 bits per heavy atom. The van der Waals surface area contributed by atoms with Gasteiger partial charge in [0.15, 0.2) is 0 Å². The number of aromatic nitrogens is 1. The van der Waals surface area contributed by atoms with Gasteiger partial charge in [0.1, 0.15) is 11.6 Å². The van der Waals surface area contributed by atoms with Gasteiger partial charge in [-0.1, -0.05) is 12.1 Å². The van der Waals surface area contributed by atoms with Crippen LogP contribution in [0.15, 0.2) is 42.6 Å². The summed E-state index contributed by atoms with van der Waals surface area (Å²) in [7, 11) is 0. The van der Waals surface area contributed by atoms with Gasteiger partial charge in [-0.3, -0.25) is 9.80 Å². The fourth-order valence-electron chi connectivity index (χ4n) is 4.86. The minimum absolute atomic E-state index is 0.0366. The van der Waals surface area contributed by atoms with E-state index >= 15 is 0 Å². The molecule has 0 bridgehead atoms. The fraction of sp³-hybridized carbons (Fsp3) is 0.560. The van der Waals surface area contributed by atoms with E-state index in [2.05, 4.69) is 31.8 Å². The highest BCUT2D eigenvalue weighted by Crippen LogP contribution is 2.25. The van der Waals surface area contributed by atoms with Crippen molar-refractivity contribution in [1.29, 1.82) is 0 Å². The molecule has 7 heteroatoms. The first-order valence-corrected chi connectivity index (χ1v) is 11.7. The monoisotopic (exact) mass is 440 g/mol. The fourth-order valence-corrected chi connectivity index (χ4v) is 4.86. The van der Waals surface area contributed by atoms with Crippen molar-refractivity contribution in [3.63, 3.8) is 0 Å². The van der Waals surface area contributed by atoms with Crippen LogP contribution in [0.4, 0.5) is 5.82 Å². The molecule has 0 aliphatic carbocycles. The molecule has 3 heterocycles. The molecule has 0 amide bonds.